The third-order valence-electron chi connectivity index (χ3n) is 5.13. The highest BCUT2D eigenvalue weighted by Gasteiger charge is 2.22. The van der Waals surface area contributed by atoms with Crippen molar-refractivity contribution >= 4 is 18.2 Å². The van der Waals surface area contributed by atoms with Crippen LogP contribution >= 0.6 is 12.4 Å². The fourth-order valence-corrected chi connectivity index (χ4v) is 3.42. The van der Waals surface area contributed by atoms with Gasteiger partial charge in [0.15, 0.2) is 5.82 Å². The van der Waals surface area contributed by atoms with E-state index in [1.54, 1.807) is 12.4 Å². The second-order valence-corrected chi connectivity index (χ2v) is 6.74. The van der Waals surface area contributed by atoms with Gasteiger partial charge in [-0.25, -0.2) is 4.98 Å². The second kappa shape index (κ2) is 8.50. The molecule has 3 heterocycles. The van der Waals surface area contributed by atoms with Crippen LogP contribution in [0.2, 0.25) is 0 Å². The molecule has 2 aromatic heterocycles. The topological polar surface area (TPSA) is 50.1 Å². The molecule has 1 aliphatic heterocycles. The first-order chi connectivity index (χ1) is 12.7. The van der Waals surface area contributed by atoms with Crippen LogP contribution in [0.3, 0.4) is 0 Å². The molecule has 0 unspecified atom stereocenters. The van der Waals surface area contributed by atoms with Crippen molar-refractivity contribution in [3.63, 3.8) is 0 Å². The molecule has 0 amide bonds. The van der Waals surface area contributed by atoms with E-state index < -0.39 is 0 Å². The van der Waals surface area contributed by atoms with Crippen molar-refractivity contribution < 1.29 is 0 Å². The summed E-state index contributed by atoms with van der Waals surface area (Å²) in [6.45, 7) is 7.03. The zero-order valence-electron chi connectivity index (χ0n) is 15.7. The molecule has 1 fully saturated rings. The zero-order valence-corrected chi connectivity index (χ0v) is 16.6. The van der Waals surface area contributed by atoms with Gasteiger partial charge in [-0.15, -0.1) is 12.4 Å². The lowest BCUT2D eigenvalue weighted by Gasteiger charge is -2.35. The molecule has 1 aromatic carbocycles. The van der Waals surface area contributed by atoms with Gasteiger partial charge in [0.2, 0.25) is 0 Å². The van der Waals surface area contributed by atoms with Gasteiger partial charge in [-0.3, -0.25) is 14.6 Å². The zero-order chi connectivity index (χ0) is 17.9. The molecule has 6 nitrogen and oxygen atoms in total. The first kappa shape index (κ1) is 19.3. The number of rotatable bonds is 4. The Hall–Kier alpha value is -2.44. The van der Waals surface area contributed by atoms with E-state index in [1.807, 2.05) is 36.1 Å². The van der Waals surface area contributed by atoms with Crippen molar-refractivity contribution in [2.75, 3.05) is 31.1 Å². The Labute approximate surface area is 166 Å². The Morgan fingerprint density at radius 3 is 2.33 bits per heavy atom. The van der Waals surface area contributed by atoms with Crippen molar-refractivity contribution in [3.8, 4) is 11.3 Å². The van der Waals surface area contributed by atoms with E-state index in [1.165, 1.54) is 11.3 Å². The van der Waals surface area contributed by atoms with Gasteiger partial charge in [0.1, 0.15) is 5.69 Å². The van der Waals surface area contributed by atoms with Crippen molar-refractivity contribution in [3.05, 3.63) is 60.2 Å². The average Bonchev–Trinajstić information content (AvgIpc) is 3.01. The van der Waals surface area contributed by atoms with Gasteiger partial charge >= 0.3 is 0 Å². The quantitative estimate of drug-likeness (QED) is 0.692. The number of nitrogens with zero attached hydrogens (tertiary/aromatic N) is 6. The summed E-state index contributed by atoms with van der Waals surface area (Å²) in [4.78, 5) is 14.1. The Morgan fingerprint density at radius 2 is 1.67 bits per heavy atom. The minimum atomic E-state index is 0. The maximum Gasteiger partial charge on any atom is 0.155 e. The molecule has 0 radical (unpaired) electrons. The van der Waals surface area contributed by atoms with Gasteiger partial charge in [0, 0.05) is 69.0 Å². The number of aryl methyl sites for hydroxylation is 1. The second-order valence-electron chi connectivity index (χ2n) is 6.74. The molecule has 7 heteroatoms. The number of anilines is 1. The van der Waals surface area contributed by atoms with Gasteiger partial charge in [-0.2, -0.15) is 5.10 Å². The van der Waals surface area contributed by atoms with Gasteiger partial charge in [-0.05, 0) is 6.92 Å². The number of benzene rings is 1. The van der Waals surface area contributed by atoms with E-state index in [9.17, 15) is 0 Å². The molecule has 0 aliphatic carbocycles. The fourth-order valence-electron chi connectivity index (χ4n) is 3.42. The molecule has 4 rings (SSSR count). The molecule has 0 atom stereocenters. The predicted octanol–water partition coefficient (Wildman–Crippen LogP) is 2.93. The number of aromatic nitrogens is 4. The van der Waals surface area contributed by atoms with Crippen LogP contribution in [0.15, 0.2) is 48.9 Å². The van der Waals surface area contributed by atoms with Crippen molar-refractivity contribution in [1.82, 2.24) is 24.6 Å². The van der Waals surface area contributed by atoms with Crippen molar-refractivity contribution in [2.24, 2.45) is 7.05 Å². The minimum absolute atomic E-state index is 0. The molecular formula is C20H25ClN6. The predicted molar refractivity (Wildman–Crippen MR) is 110 cm³/mol. The van der Waals surface area contributed by atoms with E-state index in [0.717, 1.165) is 49.8 Å². The van der Waals surface area contributed by atoms with Crippen molar-refractivity contribution in [2.45, 2.75) is 13.5 Å². The van der Waals surface area contributed by atoms with Gasteiger partial charge in [-0.1, -0.05) is 30.3 Å². The lowest BCUT2D eigenvalue weighted by atomic mass is 10.1. The highest BCUT2D eigenvalue weighted by molar-refractivity contribution is 5.85. The molecule has 27 heavy (non-hydrogen) atoms. The van der Waals surface area contributed by atoms with E-state index in [-0.39, 0.29) is 12.4 Å². The molecule has 0 spiro atoms. The lowest BCUT2D eigenvalue weighted by molar-refractivity contribution is 0.249. The normalized spacial score (nSPS) is 14.8. The van der Waals surface area contributed by atoms with Crippen LogP contribution in [-0.4, -0.2) is 50.8 Å². The monoisotopic (exact) mass is 384 g/mol. The summed E-state index contributed by atoms with van der Waals surface area (Å²) in [5.74, 6) is 0.982. The first-order valence-electron chi connectivity index (χ1n) is 9.03. The van der Waals surface area contributed by atoms with Gasteiger partial charge < -0.3 is 4.90 Å². The summed E-state index contributed by atoms with van der Waals surface area (Å²) in [6.07, 6.45) is 5.54. The van der Waals surface area contributed by atoms with Crippen LogP contribution in [0.4, 0.5) is 5.82 Å². The Balaban J connectivity index is 0.00000210. The fraction of sp³-hybridized carbons (Fsp3) is 0.350. The number of halogens is 1. The van der Waals surface area contributed by atoms with Gasteiger partial charge in [0.25, 0.3) is 0 Å². The molecule has 1 saturated heterocycles. The number of hydrogen-bond acceptors (Lipinski definition) is 5. The van der Waals surface area contributed by atoms with Crippen LogP contribution < -0.4 is 4.90 Å². The van der Waals surface area contributed by atoms with E-state index in [4.69, 9.17) is 0 Å². The SMILES string of the molecule is Cc1c(CN2CCN(c3nccnc3-c3ccccc3)CC2)cnn1C.Cl. The van der Waals surface area contributed by atoms with Crippen LogP contribution in [0.1, 0.15) is 11.3 Å². The summed E-state index contributed by atoms with van der Waals surface area (Å²) in [7, 11) is 2.00. The first-order valence-corrected chi connectivity index (χ1v) is 9.03. The van der Waals surface area contributed by atoms with Crippen LogP contribution in [0.25, 0.3) is 11.3 Å². The van der Waals surface area contributed by atoms with Gasteiger partial charge in [0.05, 0.1) is 6.20 Å². The molecule has 1 aliphatic rings. The number of hydrogen-bond donors (Lipinski definition) is 0. The lowest BCUT2D eigenvalue weighted by Crippen LogP contribution is -2.46. The Bertz CT molecular complexity index is 871. The molecule has 142 valence electrons. The summed E-state index contributed by atoms with van der Waals surface area (Å²) in [5, 5.41) is 4.35. The number of piperazine rings is 1. The summed E-state index contributed by atoms with van der Waals surface area (Å²) in [5.41, 5.74) is 4.63. The maximum absolute atomic E-state index is 4.64. The standard InChI is InChI=1S/C20H24N6.ClH/c1-16-18(14-23-24(16)2)15-25-10-12-26(13-11-25)20-19(21-8-9-22-20)17-6-4-3-5-7-17;/h3-9,14H,10-13,15H2,1-2H3;1H. The maximum atomic E-state index is 4.64. The van der Waals surface area contributed by atoms with Crippen LogP contribution in [0, 0.1) is 6.92 Å². The summed E-state index contributed by atoms with van der Waals surface area (Å²) < 4.78 is 1.94. The highest BCUT2D eigenvalue weighted by atomic mass is 35.5. The third-order valence-corrected chi connectivity index (χ3v) is 5.13. The molecule has 3 aromatic rings. The Morgan fingerprint density at radius 1 is 0.963 bits per heavy atom. The molecule has 0 N–H and O–H groups in total. The molecule has 0 saturated carbocycles. The Kier molecular flexibility index (Phi) is 6.08. The smallest absolute Gasteiger partial charge is 0.155 e. The largest absolute Gasteiger partial charge is 0.352 e. The molecule has 0 bridgehead atoms. The summed E-state index contributed by atoms with van der Waals surface area (Å²) in [6, 6.07) is 10.3. The van der Waals surface area contributed by atoms with E-state index in [0.29, 0.717) is 0 Å². The summed E-state index contributed by atoms with van der Waals surface area (Å²) >= 11 is 0. The van der Waals surface area contributed by atoms with Crippen LogP contribution in [-0.2, 0) is 13.6 Å². The molecular weight excluding hydrogens is 360 g/mol. The van der Waals surface area contributed by atoms with E-state index >= 15 is 0 Å². The highest BCUT2D eigenvalue weighted by Crippen LogP contribution is 2.27. The minimum Gasteiger partial charge on any atom is -0.352 e. The van der Waals surface area contributed by atoms with Crippen molar-refractivity contribution in [1.29, 1.82) is 0 Å². The van der Waals surface area contributed by atoms with Crippen LogP contribution in [0.5, 0.6) is 0 Å². The van der Waals surface area contributed by atoms with E-state index in [2.05, 4.69) is 43.9 Å². The third kappa shape index (κ3) is 4.12. The average molecular weight is 385 g/mol.